The van der Waals surface area contributed by atoms with E-state index >= 15 is 0 Å². The van der Waals surface area contributed by atoms with E-state index in [1.165, 1.54) is 30.8 Å². The van der Waals surface area contributed by atoms with Gasteiger partial charge in [0.05, 0.1) is 15.4 Å². The Kier molecular flexibility index (Phi) is 6.72. The second kappa shape index (κ2) is 9.00. The van der Waals surface area contributed by atoms with Crippen molar-refractivity contribution in [2.75, 3.05) is 0 Å². The number of nitro groups is 1. The number of hydrogen-bond acceptors (Lipinski definition) is 7. The Hall–Kier alpha value is -3.40. The van der Waals surface area contributed by atoms with Crippen molar-refractivity contribution in [1.82, 2.24) is 5.32 Å². The second-order valence-corrected chi connectivity index (χ2v) is 6.87. The number of carbonyl (C=O) groups is 3. The molecule has 0 aliphatic rings. The molecule has 3 N–H and O–H groups in total. The molecular formula is C18H17N3O6S. The summed E-state index contributed by atoms with van der Waals surface area (Å²) in [6, 6.07) is 10.3. The van der Waals surface area contributed by atoms with Gasteiger partial charge in [0.15, 0.2) is 6.10 Å². The molecule has 0 saturated carbocycles. The van der Waals surface area contributed by atoms with Gasteiger partial charge in [0.25, 0.3) is 11.6 Å². The first-order valence-corrected chi connectivity index (χ1v) is 8.83. The zero-order valence-electron chi connectivity index (χ0n) is 15.0. The summed E-state index contributed by atoms with van der Waals surface area (Å²) in [7, 11) is 0. The number of benzene rings is 2. The molecule has 0 unspecified atom stereocenters. The Morgan fingerprint density at radius 1 is 1.18 bits per heavy atom. The lowest BCUT2D eigenvalue weighted by Gasteiger charge is -2.12. The van der Waals surface area contributed by atoms with Crippen molar-refractivity contribution in [1.29, 1.82) is 0 Å². The van der Waals surface area contributed by atoms with Crippen molar-refractivity contribution in [2.45, 2.75) is 29.7 Å². The third-order valence-electron chi connectivity index (χ3n) is 3.54. The molecule has 0 bridgehead atoms. The van der Waals surface area contributed by atoms with E-state index < -0.39 is 28.9 Å². The maximum atomic E-state index is 12.2. The normalized spacial score (nSPS) is 11.4. The minimum atomic E-state index is -1.30. The lowest BCUT2D eigenvalue weighted by atomic mass is 10.2. The lowest BCUT2D eigenvalue weighted by molar-refractivity contribution is -0.387. The highest BCUT2D eigenvalue weighted by Gasteiger charge is 2.23. The first-order valence-electron chi connectivity index (χ1n) is 8.01. The van der Waals surface area contributed by atoms with Crippen LogP contribution in [0.25, 0.3) is 0 Å². The number of primary amides is 1. The van der Waals surface area contributed by atoms with Gasteiger partial charge in [-0.05, 0) is 38.1 Å². The van der Waals surface area contributed by atoms with Gasteiger partial charge in [-0.3, -0.25) is 20.2 Å². The summed E-state index contributed by atoms with van der Waals surface area (Å²) in [4.78, 5) is 46.4. The van der Waals surface area contributed by atoms with Crippen LogP contribution in [0, 0.1) is 17.0 Å². The number of ether oxygens (including phenoxy) is 1. The predicted molar refractivity (Wildman–Crippen MR) is 101 cm³/mol. The number of amides is 3. The van der Waals surface area contributed by atoms with Gasteiger partial charge in [-0.15, -0.1) is 0 Å². The number of nitrogens with two attached hydrogens (primary N) is 1. The lowest BCUT2D eigenvalue weighted by Crippen LogP contribution is -2.42. The summed E-state index contributed by atoms with van der Waals surface area (Å²) in [6.45, 7) is 3.17. The van der Waals surface area contributed by atoms with Crippen LogP contribution in [0.15, 0.2) is 52.3 Å². The van der Waals surface area contributed by atoms with E-state index in [4.69, 9.17) is 10.5 Å². The molecule has 0 saturated heterocycles. The zero-order chi connectivity index (χ0) is 20.8. The third-order valence-corrected chi connectivity index (χ3v) is 4.61. The van der Waals surface area contributed by atoms with Crippen molar-refractivity contribution in [3.8, 4) is 0 Å². The predicted octanol–water partition coefficient (Wildman–Crippen LogP) is 2.79. The van der Waals surface area contributed by atoms with Crippen molar-refractivity contribution < 1.29 is 24.0 Å². The van der Waals surface area contributed by atoms with E-state index in [2.05, 4.69) is 0 Å². The first-order chi connectivity index (χ1) is 13.2. The molecule has 0 fully saturated rings. The SMILES string of the molecule is Cc1ccc(Sc2ccc(C(=O)O[C@@H](C)C(=O)NC(N)=O)cc2[N+](=O)[O-])cc1. The fourth-order valence-corrected chi connectivity index (χ4v) is 3.01. The standard InChI is InChI=1S/C18H17N3O6S/c1-10-3-6-13(7-4-10)28-15-8-5-12(9-14(15)21(25)26)17(23)27-11(2)16(22)20-18(19)24/h3-9,11H,1-2H3,(H3,19,20,22,24)/t11-/m0/s1. The molecule has 2 rings (SSSR count). The number of nitro benzene ring substituents is 1. The molecular weight excluding hydrogens is 386 g/mol. The molecule has 2 aromatic rings. The number of imide groups is 1. The topological polar surface area (TPSA) is 142 Å². The van der Waals surface area contributed by atoms with E-state index in [0.717, 1.165) is 16.5 Å². The fourth-order valence-electron chi connectivity index (χ4n) is 2.11. The minimum Gasteiger partial charge on any atom is -0.449 e. The highest BCUT2D eigenvalue weighted by molar-refractivity contribution is 7.99. The van der Waals surface area contributed by atoms with E-state index in [1.807, 2.05) is 31.2 Å². The Balaban J connectivity index is 2.20. The van der Waals surface area contributed by atoms with Gasteiger partial charge in [-0.25, -0.2) is 9.59 Å². The Morgan fingerprint density at radius 2 is 1.82 bits per heavy atom. The van der Waals surface area contributed by atoms with Gasteiger partial charge in [-0.2, -0.15) is 0 Å². The number of rotatable bonds is 6. The molecule has 0 radical (unpaired) electrons. The van der Waals surface area contributed by atoms with Crippen LogP contribution < -0.4 is 11.1 Å². The number of urea groups is 1. The van der Waals surface area contributed by atoms with E-state index in [0.29, 0.717) is 4.90 Å². The van der Waals surface area contributed by atoms with Crippen molar-refractivity contribution in [3.05, 3.63) is 63.7 Å². The van der Waals surface area contributed by atoms with Crippen LogP contribution in [0.3, 0.4) is 0 Å². The average molecular weight is 403 g/mol. The largest absolute Gasteiger partial charge is 0.449 e. The molecule has 3 amide bonds. The van der Waals surface area contributed by atoms with E-state index in [9.17, 15) is 24.5 Å². The van der Waals surface area contributed by atoms with Gasteiger partial charge in [0.1, 0.15) is 0 Å². The summed E-state index contributed by atoms with van der Waals surface area (Å²) < 4.78 is 4.92. The average Bonchev–Trinajstić information content (AvgIpc) is 2.63. The highest BCUT2D eigenvalue weighted by Crippen LogP contribution is 2.35. The molecule has 9 nitrogen and oxygen atoms in total. The molecule has 10 heteroatoms. The van der Waals surface area contributed by atoms with Crippen LogP contribution in [0.1, 0.15) is 22.8 Å². The molecule has 0 heterocycles. The van der Waals surface area contributed by atoms with Crippen molar-refractivity contribution in [2.24, 2.45) is 5.73 Å². The third kappa shape index (κ3) is 5.55. The zero-order valence-corrected chi connectivity index (χ0v) is 15.8. The number of aryl methyl sites for hydroxylation is 1. The van der Waals surface area contributed by atoms with Crippen molar-refractivity contribution in [3.63, 3.8) is 0 Å². The summed E-state index contributed by atoms with van der Waals surface area (Å²) in [5.41, 5.74) is 5.52. The fraction of sp³-hybridized carbons (Fsp3) is 0.167. The van der Waals surface area contributed by atoms with Crippen LogP contribution >= 0.6 is 11.8 Å². The molecule has 0 aliphatic heterocycles. The molecule has 1 atom stereocenters. The van der Waals surface area contributed by atoms with Gasteiger partial charge < -0.3 is 10.5 Å². The summed E-state index contributed by atoms with van der Waals surface area (Å²) in [5, 5.41) is 13.2. The Labute approximate surface area is 164 Å². The quantitative estimate of drug-likeness (QED) is 0.429. The van der Waals surface area contributed by atoms with Gasteiger partial charge in [0.2, 0.25) is 0 Å². The van der Waals surface area contributed by atoms with E-state index in [-0.39, 0.29) is 11.3 Å². The van der Waals surface area contributed by atoms with Crippen LogP contribution in [0.4, 0.5) is 10.5 Å². The molecule has 28 heavy (non-hydrogen) atoms. The summed E-state index contributed by atoms with van der Waals surface area (Å²) in [6.07, 6.45) is -1.30. The number of esters is 1. The van der Waals surface area contributed by atoms with Crippen LogP contribution in [-0.4, -0.2) is 28.9 Å². The van der Waals surface area contributed by atoms with Crippen molar-refractivity contribution >= 4 is 35.4 Å². The minimum absolute atomic E-state index is 0.0984. The van der Waals surface area contributed by atoms with Gasteiger partial charge in [-0.1, -0.05) is 29.5 Å². The van der Waals surface area contributed by atoms with Crippen LogP contribution in [0.5, 0.6) is 0 Å². The number of nitrogens with one attached hydrogen (secondary N) is 1. The molecule has 2 aromatic carbocycles. The summed E-state index contributed by atoms with van der Waals surface area (Å²) >= 11 is 1.19. The Morgan fingerprint density at radius 3 is 2.39 bits per heavy atom. The maximum Gasteiger partial charge on any atom is 0.339 e. The second-order valence-electron chi connectivity index (χ2n) is 5.76. The number of hydrogen-bond donors (Lipinski definition) is 2. The molecule has 0 aliphatic carbocycles. The number of carbonyl (C=O) groups excluding carboxylic acids is 3. The maximum absolute atomic E-state index is 12.2. The number of nitrogens with zero attached hydrogens (tertiary/aromatic N) is 1. The van der Waals surface area contributed by atoms with Gasteiger partial charge >= 0.3 is 12.0 Å². The monoisotopic (exact) mass is 403 g/mol. The molecule has 0 aromatic heterocycles. The first kappa shape index (κ1) is 20.9. The smallest absolute Gasteiger partial charge is 0.339 e. The van der Waals surface area contributed by atoms with Crippen LogP contribution in [-0.2, 0) is 9.53 Å². The van der Waals surface area contributed by atoms with E-state index in [1.54, 1.807) is 5.32 Å². The van der Waals surface area contributed by atoms with Crippen LogP contribution in [0.2, 0.25) is 0 Å². The van der Waals surface area contributed by atoms with Gasteiger partial charge in [0, 0.05) is 11.0 Å². The summed E-state index contributed by atoms with van der Waals surface area (Å²) in [5.74, 6) is -1.84. The molecule has 0 spiro atoms. The highest BCUT2D eigenvalue weighted by atomic mass is 32.2. The Bertz CT molecular complexity index is 929. The molecule has 146 valence electrons.